The summed E-state index contributed by atoms with van der Waals surface area (Å²) in [4.78, 5) is 0. The third-order valence-corrected chi connectivity index (χ3v) is 10.3. The number of aliphatic hydroxyl groups excluding tert-OH is 6. The fourth-order valence-electron chi connectivity index (χ4n) is 6.07. The van der Waals surface area contributed by atoms with Gasteiger partial charge in [-0.25, -0.2) is 0 Å². The van der Waals surface area contributed by atoms with E-state index in [9.17, 15) is 40.9 Å². The molecule has 0 aromatic carbocycles. The summed E-state index contributed by atoms with van der Waals surface area (Å²) in [6.07, 6.45) is 24.7. The summed E-state index contributed by atoms with van der Waals surface area (Å²) in [6.45, 7) is 21.3. The van der Waals surface area contributed by atoms with Crippen LogP contribution in [-0.2, 0) is 18.9 Å². The Labute approximate surface area is 381 Å². The van der Waals surface area contributed by atoms with Crippen molar-refractivity contribution in [3.05, 3.63) is 155 Å². The van der Waals surface area contributed by atoms with Gasteiger partial charge < -0.3 is 59.8 Å². The summed E-state index contributed by atoms with van der Waals surface area (Å²) in [6, 6.07) is 0. The zero-order valence-corrected chi connectivity index (χ0v) is 39.7. The van der Waals surface area contributed by atoms with Gasteiger partial charge in [-0.3, -0.25) is 0 Å². The van der Waals surface area contributed by atoms with Crippen molar-refractivity contribution in [2.24, 2.45) is 0 Å². The summed E-state index contributed by atoms with van der Waals surface area (Å²) in [7, 11) is 0. The molecule has 356 valence electrons. The van der Waals surface area contributed by atoms with Gasteiger partial charge >= 0.3 is 0 Å². The van der Waals surface area contributed by atoms with Crippen molar-refractivity contribution in [1.29, 1.82) is 0 Å². The van der Waals surface area contributed by atoms with Crippen molar-refractivity contribution in [2.75, 3.05) is 0 Å². The molecule has 0 amide bonds. The van der Waals surface area contributed by atoms with Crippen molar-refractivity contribution in [2.45, 2.75) is 168 Å². The van der Waals surface area contributed by atoms with Gasteiger partial charge in [-0.2, -0.15) is 0 Å². The van der Waals surface area contributed by atoms with Gasteiger partial charge in [0.15, 0.2) is 12.6 Å². The van der Waals surface area contributed by atoms with Crippen molar-refractivity contribution in [3.8, 4) is 0 Å². The van der Waals surface area contributed by atoms with E-state index in [1.54, 1.807) is 65.8 Å². The first-order valence-corrected chi connectivity index (χ1v) is 21.7. The molecule has 2 heterocycles. The highest BCUT2D eigenvalue weighted by Crippen LogP contribution is 2.28. The second-order valence-corrected chi connectivity index (χ2v) is 17.8. The quantitative estimate of drug-likeness (QED) is 0.0617. The van der Waals surface area contributed by atoms with Crippen molar-refractivity contribution in [3.63, 3.8) is 0 Å². The molecule has 0 aliphatic carbocycles. The molecule has 0 unspecified atom stereocenters. The average Bonchev–Trinajstić information content (AvgIpc) is 3.20. The van der Waals surface area contributed by atoms with Gasteiger partial charge in [0.2, 0.25) is 0 Å². The van der Waals surface area contributed by atoms with E-state index in [1.165, 1.54) is 0 Å². The van der Waals surface area contributed by atoms with Crippen LogP contribution in [-0.4, -0.2) is 126 Å². The molecule has 0 aromatic heterocycles. The third kappa shape index (κ3) is 20.1. The molecule has 0 saturated carbocycles. The van der Waals surface area contributed by atoms with Gasteiger partial charge in [0.05, 0.1) is 23.4 Å². The van der Waals surface area contributed by atoms with E-state index in [4.69, 9.17) is 18.9 Å². The van der Waals surface area contributed by atoms with Crippen LogP contribution in [0.2, 0.25) is 0 Å². The Hall–Kier alpha value is -3.86. The molecule has 64 heavy (non-hydrogen) atoms. The summed E-state index contributed by atoms with van der Waals surface area (Å²) in [5, 5.41) is 82.2. The van der Waals surface area contributed by atoms with Crippen LogP contribution in [0.5, 0.6) is 0 Å². The van der Waals surface area contributed by atoms with Gasteiger partial charge in [0.1, 0.15) is 48.8 Å². The van der Waals surface area contributed by atoms with Crippen LogP contribution in [0.3, 0.4) is 0 Å². The van der Waals surface area contributed by atoms with Crippen LogP contribution in [0, 0.1) is 0 Å². The van der Waals surface area contributed by atoms with Gasteiger partial charge in [-0.1, -0.05) is 155 Å². The van der Waals surface area contributed by atoms with Gasteiger partial charge in [0.25, 0.3) is 0 Å². The predicted molar refractivity (Wildman–Crippen MR) is 254 cm³/mol. The number of hydrogen-bond donors (Lipinski definition) is 8. The largest absolute Gasteiger partial charge is 0.388 e. The van der Waals surface area contributed by atoms with E-state index in [2.05, 4.69) is 0 Å². The van der Waals surface area contributed by atoms with E-state index in [0.717, 1.165) is 33.4 Å². The highest BCUT2D eigenvalue weighted by molar-refractivity contribution is 5.34. The Morgan fingerprint density at radius 2 is 0.656 bits per heavy atom. The monoisotopic (exact) mass is 893 g/mol. The molecule has 12 nitrogen and oxygen atoms in total. The molecule has 2 saturated heterocycles. The lowest BCUT2D eigenvalue weighted by Crippen LogP contribution is -2.58. The summed E-state index contributed by atoms with van der Waals surface area (Å²) in [5.41, 5.74) is 3.42. The van der Waals surface area contributed by atoms with Crippen LogP contribution >= 0.6 is 0 Å². The maximum absolute atomic E-state index is 10.7. The molecular weight excluding hydrogens is 817 g/mol. The number of rotatable bonds is 20. The first-order chi connectivity index (χ1) is 29.8. The number of aliphatic hydroxyl groups is 8. The first-order valence-electron chi connectivity index (χ1n) is 21.7. The van der Waals surface area contributed by atoms with Crippen molar-refractivity contribution < 1.29 is 59.8 Å². The van der Waals surface area contributed by atoms with Gasteiger partial charge in [-0.05, 0) is 83.1 Å². The lowest BCUT2D eigenvalue weighted by atomic mass is 9.98. The molecule has 0 aromatic rings. The highest BCUT2D eigenvalue weighted by atomic mass is 16.7. The molecular formula is C52H76O12. The van der Waals surface area contributed by atoms with E-state index < -0.39 is 84.8 Å². The van der Waals surface area contributed by atoms with E-state index >= 15 is 0 Å². The van der Waals surface area contributed by atoms with E-state index in [-0.39, 0.29) is 0 Å². The maximum atomic E-state index is 10.7. The second kappa shape index (κ2) is 26.9. The minimum absolute atomic E-state index is 0.754. The van der Waals surface area contributed by atoms with Crippen molar-refractivity contribution in [1.82, 2.24) is 0 Å². The first kappa shape index (κ1) is 56.3. The minimum Gasteiger partial charge on any atom is -0.388 e. The Kier molecular flexibility index (Phi) is 23.7. The fourth-order valence-corrected chi connectivity index (χ4v) is 6.07. The van der Waals surface area contributed by atoms with Gasteiger partial charge in [-0.15, -0.1) is 0 Å². The van der Waals surface area contributed by atoms with Crippen LogP contribution in [0.4, 0.5) is 0 Å². The molecule has 8 N–H and O–H groups in total. The zero-order chi connectivity index (χ0) is 48.4. The Morgan fingerprint density at radius 3 is 0.922 bits per heavy atom. The van der Waals surface area contributed by atoms with Gasteiger partial charge in [0, 0.05) is 0 Å². The smallest absolute Gasteiger partial charge is 0.187 e. The SMILES string of the molecule is CC(/C=C/C=C(C)/C=C/C=C(C)/C=C/[C@H](O[C@H]1O[C@@H](C)[C@H](O)[C@@H](O)[C@H]1O)C(C)(C)O)=C\C=C\C=C(C)\C=C\C=C(C)\C=C\C=C(C)\C=C\[C@H](O[C@H]1O[C@@H](C)[C@H](O)[C@@H](O)[C@H]1O)C(C)(C)O. The molecule has 2 aliphatic heterocycles. The second-order valence-electron chi connectivity index (χ2n) is 17.8. The summed E-state index contributed by atoms with van der Waals surface area (Å²) >= 11 is 0. The fraction of sp³-hybridized carbons (Fsp3) is 0.500. The number of hydrogen-bond acceptors (Lipinski definition) is 12. The van der Waals surface area contributed by atoms with Crippen molar-refractivity contribution >= 4 is 0 Å². The molecule has 2 rings (SSSR count). The van der Waals surface area contributed by atoms with Crippen LogP contribution in [0.1, 0.15) is 83.1 Å². The maximum Gasteiger partial charge on any atom is 0.187 e. The Bertz CT molecular complexity index is 1740. The Morgan fingerprint density at radius 1 is 0.406 bits per heavy atom. The standard InChI is InChI=1S/C52H76O12/c1-33(21-15-23-35(3)25-17-27-37(5)29-31-41(51(9,10)59)63-49-47(57)45(55)43(53)39(7)61-49)19-13-14-20-34(2)22-16-24-36(4)26-18-28-38(6)30-32-42(52(11,12)60)64-50-48(58)46(56)44(54)40(8)62-50/h13-32,39-50,53-60H,1-12H3/b14-13+,21-15+,22-16+,25-17+,26-18+,31-29+,32-30+,33-19+,34-20+,35-23+,36-24+,37-27+,38-28+/t39-,40-,41-,42-,43-,44-,45+,46+,47+,48+,49+,50+/m0/s1. The van der Waals surface area contributed by atoms with Crippen LogP contribution < -0.4 is 0 Å². The number of allylic oxidation sites excluding steroid dienone is 24. The Balaban J connectivity index is 1.89. The van der Waals surface area contributed by atoms with Crippen LogP contribution in [0.25, 0.3) is 0 Å². The topological polar surface area (TPSA) is 199 Å². The normalized spacial score (nSPS) is 30.5. The molecule has 0 bridgehead atoms. The summed E-state index contributed by atoms with van der Waals surface area (Å²) < 4.78 is 22.8. The lowest BCUT2D eigenvalue weighted by Gasteiger charge is -2.41. The molecule has 2 fully saturated rings. The minimum atomic E-state index is -1.47. The molecule has 12 atom stereocenters. The highest BCUT2D eigenvalue weighted by Gasteiger charge is 2.45. The predicted octanol–water partition coefficient (Wildman–Crippen LogP) is 6.52. The zero-order valence-electron chi connectivity index (χ0n) is 39.7. The lowest BCUT2D eigenvalue weighted by molar-refractivity contribution is -0.309. The molecule has 0 spiro atoms. The van der Waals surface area contributed by atoms with E-state index in [1.807, 2.05) is 139 Å². The summed E-state index contributed by atoms with van der Waals surface area (Å²) in [5.74, 6) is 0. The molecule has 2 aliphatic rings. The average molecular weight is 893 g/mol. The van der Waals surface area contributed by atoms with Crippen LogP contribution in [0.15, 0.2) is 155 Å². The molecule has 12 heteroatoms. The third-order valence-electron chi connectivity index (χ3n) is 10.3. The number of ether oxygens (including phenoxy) is 4. The van der Waals surface area contributed by atoms with E-state index in [0.29, 0.717) is 0 Å². The molecule has 0 radical (unpaired) electrons.